The second-order valence-corrected chi connectivity index (χ2v) is 8.83. The molecule has 1 aromatic heterocycles. The van der Waals surface area contributed by atoms with Crippen molar-refractivity contribution >= 4 is 17.2 Å². The highest BCUT2D eigenvalue weighted by molar-refractivity contribution is 6.44. The molecule has 30 heavy (non-hydrogen) atoms. The van der Waals surface area contributed by atoms with Gasteiger partial charge in [-0.05, 0) is 36.0 Å². The average Bonchev–Trinajstić information content (AvgIpc) is 3.14. The Morgan fingerprint density at radius 3 is 2.90 bits per heavy atom. The standard InChI is InChI=1S/C23H31N5O2/c1-15(2)8-18-14-30-7-6-28(18)12-16-4-5-19-20(17-11-25-27(3)13-17)10-22(23(24)29)26-21(19)9-16/h4-5,10-11,13,15,18,21H,6-9,12,14H2,1-3H3,(H2,24,29). The van der Waals surface area contributed by atoms with Gasteiger partial charge in [-0.2, -0.15) is 5.10 Å². The molecule has 0 bridgehead atoms. The van der Waals surface area contributed by atoms with Crippen molar-refractivity contribution in [3.05, 3.63) is 47.3 Å². The number of hydrogen-bond acceptors (Lipinski definition) is 5. The van der Waals surface area contributed by atoms with E-state index >= 15 is 0 Å². The van der Waals surface area contributed by atoms with E-state index < -0.39 is 5.91 Å². The lowest BCUT2D eigenvalue weighted by Crippen LogP contribution is -2.47. The van der Waals surface area contributed by atoms with E-state index in [0.717, 1.165) is 55.9 Å². The number of aliphatic imine (C=N–C) groups is 1. The third-order valence-electron chi connectivity index (χ3n) is 5.97. The van der Waals surface area contributed by atoms with Gasteiger partial charge in [-0.25, -0.2) is 0 Å². The van der Waals surface area contributed by atoms with Gasteiger partial charge in [-0.1, -0.05) is 31.6 Å². The molecule has 2 N–H and O–H groups in total. The fourth-order valence-corrected chi connectivity index (χ4v) is 4.54. The Labute approximate surface area is 178 Å². The van der Waals surface area contributed by atoms with Crippen molar-refractivity contribution in [3.8, 4) is 0 Å². The first-order valence-electron chi connectivity index (χ1n) is 10.7. The first kappa shape index (κ1) is 20.8. The summed E-state index contributed by atoms with van der Waals surface area (Å²) < 4.78 is 7.49. The summed E-state index contributed by atoms with van der Waals surface area (Å²) in [6.45, 7) is 7.96. The van der Waals surface area contributed by atoms with Gasteiger partial charge in [0.25, 0.3) is 5.91 Å². The lowest BCUT2D eigenvalue weighted by atomic mass is 9.83. The first-order chi connectivity index (χ1) is 14.4. The minimum atomic E-state index is -0.489. The molecule has 160 valence electrons. The van der Waals surface area contributed by atoms with Crippen LogP contribution in [-0.2, 0) is 16.6 Å². The van der Waals surface area contributed by atoms with Crippen molar-refractivity contribution in [1.82, 2.24) is 14.7 Å². The third-order valence-corrected chi connectivity index (χ3v) is 5.97. The molecule has 7 heteroatoms. The zero-order valence-electron chi connectivity index (χ0n) is 18.0. The van der Waals surface area contributed by atoms with Crippen LogP contribution in [0.15, 0.2) is 46.8 Å². The summed E-state index contributed by atoms with van der Waals surface area (Å²) in [6, 6.07) is 0.365. The molecule has 3 heterocycles. The van der Waals surface area contributed by atoms with Crippen LogP contribution < -0.4 is 5.73 Å². The van der Waals surface area contributed by atoms with Crippen LogP contribution >= 0.6 is 0 Å². The Morgan fingerprint density at radius 2 is 2.20 bits per heavy atom. The summed E-state index contributed by atoms with van der Waals surface area (Å²) in [4.78, 5) is 19.1. The Morgan fingerprint density at radius 1 is 1.37 bits per heavy atom. The number of nitrogens with two attached hydrogens (primary N) is 1. The summed E-state index contributed by atoms with van der Waals surface area (Å²) in [5, 5.41) is 4.28. The van der Waals surface area contributed by atoms with Crippen molar-refractivity contribution in [2.45, 2.75) is 38.8 Å². The number of carbonyl (C=O) groups excluding carboxylic acids is 1. The smallest absolute Gasteiger partial charge is 0.266 e. The fourth-order valence-electron chi connectivity index (χ4n) is 4.54. The molecule has 0 spiro atoms. The van der Waals surface area contributed by atoms with Crippen LogP contribution in [0.3, 0.4) is 0 Å². The molecule has 1 aromatic rings. The maximum absolute atomic E-state index is 11.9. The molecule has 0 saturated carbocycles. The van der Waals surface area contributed by atoms with Gasteiger partial charge in [0, 0.05) is 37.9 Å². The lowest BCUT2D eigenvalue weighted by molar-refractivity contribution is -0.111. The summed E-state index contributed by atoms with van der Waals surface area (Å²) >= 11 is 0. The second kappa shape index (κ2) is 8.70. The minimum absolute atomic E-state index is 0.0858. The van der Waals surface area contributed by atoms with E-state index in [1.165, 1.54) is 5.57 Å². The molecule has 2 atom stereocenters. The molecular formula is C23H31N5O2. The van der Waals surface area contributed by atoms with E-state index in [2.05, 4.69) is 41.0 Å². The monoisotopic (exact) mass is 409 g/mol. The number of fused-ring (bicyclic) bond motifs is 1. The third kappa shape index (κ3) is 4.47. The zero-order chi connectivity index (χ0) is 21.3. The Bertz CT molecular complexity index is 937. The summed E-state index contributed by atoms with van der Waals surface area (Å²) in [7, 11) is 1.89. The van der Waals surface area contributed by atoms with Crippen LogP contribution in [0.2, 0.25) is 0 Å². The van der Waals surface area contributed by atoms with Crippen LogP contribution in [0.1, 0.15) is 32.3 Å². The molecule has 7 nitrogen and oxygen atoms in total. The predicted octanol–water partition coefficient (Wildman–Crippen LogP) is 2.12. The number of carbonyl (C=O) groups is 1. The maximum Gasteiger partial charge on any atom is 0.266 e. The largest absolute Gasteiger partial charge is 0.378 e. The van der Waals surface area contributed by atoms with Crippen molar-refractivity contribution in [1.29, 1.82) is 0 Å². The zero-order valence-corrected chi connectivity index (χ0v) is 18.0. The van der Waals surface area contributed by atoms with Gasteiger partial charge in [0.15, 0.2) is 0 Å². The molecule has 1 fully saturated rings. The first-order valence-corrected chi connectivity index (χ1v) is 10.7. The number of nitrogens with zero attached hydrogens (tertiary/aromatic N) is 4. The molecule has 3 aliphatic rings. The van der Waals surface area contributed by atoms with E-state index in [-0.39, 0.29) is 6.04 Å². The average molecular weight is 410 g/mol. The maximum atomic E-state index is 11.9. The molecular weight excluding hydrogens is 378 g/mol. The molecule has 2 unspecified atom stereocenters. The molecule has 0 radical (unpaired) electrons. The number of rotatable bonds is 6. The number of allylic oxidation sites excluding steroid dienone is 2. The van der Waals surface area contributed by atoms with Gasteiger partial charge in [-0.3, -0.25) is 19.4 Å². The van der Waals surface area contributed by atoms with E-state index in [0.29, 0.717) is 17.7 Å². The topological polar surface area (TPSA) is 85.7 Å². The quantitative estimate of drug-likeness (QED) is 0.780. The summed E-state index contributed by atoms with van der Waals surface area (Å²) in [5.74, 6) is 0.149. The van der Waals surface area contributed by atoms with Gasteiger partial charge < -0.3 is 10.5 Å². The number of primary amides is 1. The number of aryl methyl sites for hydroxylation is 1. The molecule has 1 saturated heterocycles. The normalized spacial score (nSPS) is 24.7. The van der Waals surface area contributed by atoms with E-state index in [9.17, 15) is 4.79 Å². The van der Waals surface area contributed by atoms with Crippen molar-refractivity contribution in [2.24, 2.45) is 23.7 Å². The Hall–Kier alpha value is -2.51. The summed E-state index contributed by atoms with van der Waals surface area (Å²) in [5.41, 5.74) is 10.3. The number of amides is 1. The number of morpholine rings is 1. The van der Waals surface area contributed by atoms with E-state index in [4.69, 9.17) is 10.5 Å². The number of dihydropyridines is 1. The highest BCUT2D eigenvalue weighted by Crippen LogP contribution is 2.36. The molecule has 1 aliphatic carbocycles. The highest BCUT2D eigenvalue weighted by atomic mass is 16.5. The van der Waals surface area contributed by atoms with Crippen LogP contribution in [0, 0.1) is 5.92 Å². The van der Waals surface area contributed by atoms with Crippen LogP contribution in [0.25, 0.3) is 5.57 Å². The van der Waals surface area contributed by atoms with Gasteiger partial charge in [0.1, 0.15) is 5.71 Å². The van der Waals surface area contributed by atoms with Crippen molar-refractivity contribution < 1.29 is 9.53 Å². The second-order valence-electron chi connectivity index (χ2n) is 8.83. The lowest BCUT2D eigenvalue weighted by Gasteiger charge is -2.38. The van der Waals surface area contributed by atoms with Crippen LogP contribution in [0.5, 0.6) is 0 Å². The van der Waals surface area contributed by atoms with Gasteiger partial charge >= 0.3 is 0 Å². The number of aromatic nitrogens is 2. The fraction of sp³-hybridized carbons (Fsp3) is 0.522. The summed E-state index contributed by atoms with van der Waals surface area (Å²) in [6.07, 6.45) is 11.9. The Balaban J connectivity index is 1.58. The minimum Gasteiger partial charge on any atom is -0.378 e. The van der Waals surface area contributed by atoms with E-state index in [1.54, 1.807) is 10.8 Å². The van der Waals surface area contributed by atoms with E-state index in [1.807, 2.05) is 19.4 Å². The van der Waals surface area contributed by atoms with Gasteiger partial charge in [-0.15, -0.1) is 0 Å². The van der Waals surface area contributed by atoms with Gasteiger partial charge in [0.05, 0.1) is 25.5 Å². The molecule has 4 rings (SSSR count). The molecule has 2 aliphatic heterocycles. The van der Waals surface area contributed by atoms with Gasteiger partial charge in [0.2, 0.25) is 0 Å². The van der Waals surface area contributed by atoms with Crippen molar-refractivity contribution in [3.63, 3.8) is 0 Å². The molecule has 1 amide bonds. The van der Waals surface area contributed by atoms with Crippen LogP contribution in [-0.4, -0.2) is 64.7 Å². The number of ether oxygens (including phenoxy) is 1. The van der Waals surface area contributed by atoms with Crippen molar-refractivity contribution in [2.75, 3.05) is 26.3 Å². The molecule has 0 aromatic carbocycles. The predicted molar refractivity (Wildman–Crippen MR) is 118 cm³/mol. The SMILES string of the molecule is CC(C)CC1COCCN1CC1=CC=C2C(c3cnn(C)c3)=CC(C(N)=O)=NC2C1. The number of hydrogen-bond donors (Lipinski definition) is 1. The highest BCUT2D eigenvalue weighted by Gasteiger charge is 2.30. The Kier molecular flexibility index (Phi) is 6.01. The van der Waals surface area contributed by atoms with Crippen LogP contribution in [0.4, 0.5) is 0 Å².